The zero-order valence-corrected chi connectivity index (χ0v) is 11.3. The minimum absolute atomic E-state index is 0.374. The summed E-state index contributed by atoms with van der Waals surface area (Å²) in [5.41, 5.74) is 0. The van der Waals surface area contributed by atoms with Gasteiger partial charge in [0.2, 0.25) is 5.91 Å². The van der Waals surface area contributed by atoms with Crippen LogP contribution in [0.5, 0.6) is 0 Å². The topological polar surface area (TPSA) is 49.0 Å². The molecule has 0 spiro atoms. The Kier molecular flexibility index (Phi) is 13.0. The van der Waals surface area contributed by atoms with Gasteiger partial charge in [0, 0.05) is 6.54 Å². The molecule has 101 valence electrons. The Balaban J connectivity index is 2.96. The highest BCUT2D eigenvalue weighted by molar-refractivity contribution is 5.76. The predicted molar refractivity (Wildman–Crippen MR) is 70.4 cm³/mol. The number of unbranched alkanes of at least 4 members (excludes halogenated alkanes) is 9. The van der Waals surface area contributed by atoms with Gasteiger partial charge >= 0.3 is 0 Å². The van der Waals surface area contributed by atoms with Gasteiger partial charge in [-0.2, -0.15) is 0 Å². The maximum Gasteiger partial charge on any atom is 0.249 e. The van der Waals surface area contributed by atoms with E-state index in [0.717, 1.165) is 12.8 Å². The number of carbonyl (C=O) groups excluding carboxylic acids is 1. The van der Waals surface area contributed by atoms with Crippen molar-refractivity contribution in [3.05, 3.63) is 0 Å². The fourth-order valence-electron chi connectivity index (χ4n) is 1.89. The van der Waals surface area contributed by atoms with Gasteiger partial charge in [0.25, 0.3) is 0 Å². The second-order valence-corrected chi connectivity index (χ2v) is 4.68. The van der Waals surface area contributed by atoms with E-state index in [4.69, 9.17) is 0 Å². The van der Waals surface area contributed by atoms with Gasteiger partial charge in [-0.05, 0) is 6.42 Å². The van der Waals surface area contributed by atoms with Crippen molar-refractivity contribution in [1.82, 2.24) is 5.32 Å². The number of nitrogens with one attached hydrogen (secondary N) is 1. The third-order valence-electron chi connectivity index (χ3n) is 2.98. The Bertz CT molecular complexity index is 172. The van der Waals surface area contributed by atoms with Crippen LogP contribution in [0.3, 0.4) is 0 Å². The quantitative estimate of drug-likeness (QED) is 0.523. The first-order chi connectivity index (χ1) is 8.31. The van der Waals surface area contributed by atoms with Crippen LogP contribution in [0, 0.1) is 0 Å². The Morgan fingerprint density at radius 1 is 0.824 bits per heavy atom. The molecule has 1 N–H and O–H groups in total. The molecular formula is C14H28NO2. The van der Waals surface area contributed by atoms with Gasteiger partial charge in [-0.15, -0.1) is 0 Å². The van der Waals surface area contributed by atoms with Crippen LogP contribution < -0.4 is 5.32 Å². The Hall–Kier alpha value is -0.570. The summed E-state index contributed by atoms with van der Waals surface area (Å²) < 4.78 is 0. The van der Waals surface area contributed by atoms with E-state index in [-0.39, 0.29) is 5.91 Å². The highest BCUT2D eigenvalue weighted by Gasteiger charge is 1.97. The fraction of sp³-hybridized carbons (Fsp3) is 0.929. The van der Waals surface area contributed by atoms with Crippen LogP contribution in [0.2, 0.25) is 0 Å². The predicted octanol–water partition coefficient (Wildman–Crippen LogP) is 3.45. The molecule has 0 aromatic rings. The number of rotatable bonds is 12. The first-order valence-electron chi connectivity index (χ1n) is 7.16. The molecule has 0 fully saturated rings. The number of carbonyl (C=O) groups is 1. The minimum atomic E-state index is -0.641. The van der Waals surface area contributed by atoms with Gasteiger partial charge < -0.3 is 5.32 Å². The molecule has 3 nitrogen and oxygen atoms in total. The Morgan fingerprint density at radius 3 is 1.76 bits per heavy atom. The van der Waals surface area contributed by atoms with Gasteiger partial charge in [0.1, 0.15) is 0 Å². The molecule has 0 saturated heterocycles. The average molecular weight is 242 g/mol. The van der Waals surface area contributed by atoms with Crippen molar-refractivity contribution >= 4 is 5.91 Å². The van der Waals surface area contributed by atoms with E-state index in [1.807, 2.05) is 0 Å². The summed E-state index contributed by atoms with van der Waals surface area (Å²) in [5, 5.41) is 12.7. The van der Waals surface area contributed by atoms with Gasteiger partial charge in [-0.1, -0.05) is 64.7 Å². The van der Waals surface area contributed by atoms with Crippen molar-refractivity contribution in [3.63, 3.8) is 0 Å². The smallest absolute Gasteiger partial charge is 0.249 e. The lowest BCUT2D eigenvalue weighted by Crippen LogP contribution is -2.26. The van der Waals surface area contributed by atoms with E-state index in [2.05, 4.69) is 12.2 Å². The number of hydrogen-bond donors (Lipinski definition) is 1. The summed E-state index contributed by atoms with van der Waals surface area (Å²) in [6, 6.07) is 0. The van der Waals surface area contributed by atoms with E-state index >= 15 is 0 Å². The van der Waals surface area contributed by atoms with Crippen LogP contribution in [0.25, 0.3) is 0 Å². The molecule has 0 rings (SSSR count). The van der Waals surface area contributed by atoms with E-state index in [1.54, 1.807) is 0 Å². The Labute approximate surface area is 106 Å². The molecule has 0 aliphatic carbocycles. The van der Waals surface area contributed by atoms with Crippen molar-refractivity contribution in [2.45, 2.75) is 71.1 Å². The monoisotopic (exact) mass is 242 g/mol. The van der Waals surface area contributed by atoms with Gasteiger partial charge in [-0.25, -0.2) is 5.11 Å². The van der Waals surface area contributed by atoms with Gasteiger partial charge in [0.15, 0.2) is 6.61 Å². The second kappa shape index (κ2) is 13.5. The third-order valence-corrected chi connectivity index (χ3v) is 2.98. The zero-order chi connectivity index (χ0) is 12.8. The second-order valence-electron chi connectivity index (χ2n) is 4.68. The molecule has 0 aliphatic heterocycles. The van der Waals surface area contributed by atoms with Crippen molar-refractivity contribution in [2.24, 2.45) is 0 Å². The third kappa shape index (κ3) is 13.4. The van der Waals surface area contributed by atoms with Crippen LogP contribution in [-0.2, 0) is 9.90 Å². The summed E-state index contributed by atoms with van der Waals surface area (Å²) in [6.07, 6.45) is 12.9. The van der Waals surface area contributed by atoms with Crippen molar-refractivity contribution in [3.8, 4) is 0 Å². The maximum absolute atomic E-state index is 10.6. The molecule has 0 unspecified atom stereocenters. The van der Waals surface area contributed by atoms with Crippen LogP contribution in [-0.4, -0.2) is 19.1 Å². The van der Waals surface area contributed by atoms with Gasteiger partial charge in [-0.3, -0.25) is 4.79 Å². The fourth-order valence-corrected chi connectivity index (χ4v) is 1.89. The molecule has 0 aliphatic rings. The van der Waals surface area contributed by atoms with E-state index in [0.29, 0.717) is 6.54 Å². The molecule has 0 bridgehead atoms. The molecule has 0 aromatic heterocycles. The first kappa shape index (κ1) is 16.4. The minimum Gasteiger partial charge on any atom is -0.354 e. The normalized spacial score (nSPS) is 10.5. The summed E-state index contributed by atoms with van der Waals surface area (Å²) in [7, 11) is 0. The van der Waals surface area contributed by atoms with Crippen LogP contribution in [0.15, 0.2) is 0 Å². The van der Waals surface area contributed by atoms with E-state index in [9.17, 15) is 9.90 Å². The zero-order valence-electron chi connectivity index (χ0n) is 11.3. The summed E-state index contributed by atoms with van der Waals surface area (Å²) in [6.45, 7) is 2.26. The molecule has 0 aromatic carbocycles. The Morgan fingerprint density at radius 2 is 1.29 bits per heavy atom. The lowest BCUT2D eigenvalue weighted by atomic mass is 10.1. The maximum atomic E-state index is 10.6. The highest BCUT2D eigenvalue weighted by Crippen LogP contribution is 2.10. The number of hydrogen-bond acceptors (Lipinski definition) is 1. The molecule has 1 amide bonds. The summed E-state index contributed by atoms with van der Waals surface area (Å²) in [4.78, 5) is 10.6. The molecular weight excluding hydrogens is 214 g/mol. The van der Waals surface area contributed by atoms with Crippen LogP contribution >= 0.6 is 0 Å². The van der Waals surface area contributed by atoms with E-state index < -0.39 is 6.61 Å². The van der Waals surface area contributed by atoms with Crippen molar-refractivity contribution in [1.29, 1.82) is 0 Å². The number of amides is 1. The van der Waals surface area contributed by atoms with Crippen LogP contribution in [0.4, 0.5) is 0 Å². The van der Waals surface area contributed by atoms with Crippen LogP contribution in [0.1, 0.15) is 71.1 Å². The van der Waals surface area contributed by atoms with Gasteiger partial charge in [0.05, 0.1) is 0 Å². The lowest BCUT2D eigenvalue weighted by Gasteiger charge is -2.03. The summed E-state index contributed by atoms with van der Waals surface area (Å²) in [5.74, 6) is -0.374. The largest absolute Gasteiger partial charge is 0.354 e. The van der Waals surface area contributed by atoms with Crippen molar-refractivity contribution < 1.29 is 9.90 Å². The molecule has 17 heavy (non-hydrogen) atoms. The molecule has 3 heteroatoms. The summed E-state index contributed by atoms with van der Waals surface area (Å²) >= 11 is 0. The van der Waals surface area contributed by atoms with Crippen molar-refractivity contribution in [2.75, 3.05) is 13.2 Å². The first-order valence-corrected chi connectivity index (χ1v) is 7.16. The molecule has 0 atom stereocenters. The molecule has 0 heterocycles. The van der Waals surface area contributed by atoms with E-state index in [1.165, 1.54) is 51.4 Å². The standard InChI is InChI=1S/C14H28NO2/c1-2-3-4-5-6-7-8-9-10-11-12-15-14(17)13-16/h2-13H2,1H3,(H,15,17). The highest BCUT2D eigenvalue weighted by atomic mass is 16.3. The molecule has 1 radical (unpaired) electrons. The SMILES string of the molecule is CCCCCCCCCCCCNC(=O)C[O]. The average Bonchev–Trinajstić information content (AvgIpc) is 2.35. The lowest BCUT2D eigenvalue weighted by molar-refractivity contribution is -0.125. The molecule has 0 saturated carbocycles.